The predicted octanol–water partition coefficient (Wildman–Crippen LogP) is 2.17. The van der Waals surface area contributed by atoms with Crippen LogP contribution in [0.2, 0.25) is 0 Å². The average molecular weight is 152 g/mol. The van der Waals surface area contributed by atoms with Crippen LogP contribution in [-0.4, -0.2) is 5.97 Å². The van der Waals surface area contributed by atoms with Crippen molar-refractivity contribution in [1.29, 1.82) is 0 Å². The first kappa shape index (κ1) is 8.05. The number of rotatable bonds is 2. The van der Waals surface area contributed by atoms with Gasteiger partial charge in [-0.1, -0.05) is 6.58 Å². The van der Waals surface area contributed by atoms with Crippen LogP contribution in [0.15, 0.2) is 24.5 Å². The van der Waals surface area contributed by atoms with Crippen molar-refractivity contribution in [2.75, 3.05) is 0 Å². The van der Waals surface area contributed by atoms with Gasteiger partial charge in [-0.05, 0) is 25.3 Å². The molecule has 60 valence electrons. The fourth-order valence-electron chi connectivity index (χ4n) is 1.07. The highest BCUT2D eigenvalue weighted by atomic mass is 16.5. The van der Waals surface area contributed by atoms with Crippen LogP contribution in [0.1, 0.15) is 25.7 Å². The van der Waals surface area contributed by atoms with Gasteiger partial charge < -0.3 is 4.74 Å². The van der Waals surface area contributed by atoms with Gasteiger partial charge in [0.1, 0.15) is 5.76 Å². The van der Waals surface area contributed by atoms with E-state index < -0.39 is 0 Å². The van der Waals surface area contributed by atoms with E-state index in [1.807, 2.05) is 6.08 Å². The summed E-state index contributed by atoms with van der Waals surface area (Å²) >= 11 is 0. The van der Waals surface area contributed by atoms with Gasteiger partial charge in [0.15, 0.2) is 0 Å². The maximum absolute atomic E-state index is 10.7. The van der Waals surface area contributed by atoms with E-state index in [9.17, 15) is 4.79 Å². The molecule has 0 bridgehead atoms. The number of ether oxygens (including phenoxy) is 1. The first-order valence-electron chi connectivity index (χ1n) is 3.86. The van der Waals surface area contributed by atoms with Crippen LogP contribution >= 0.6 is 0 Å². The molecule has 0 spiro atoms. The molecular weight excluding hydrogens is 140 g/mol. The Morgan fingerprint density at radius 3 is 3.00 bits per heavy atom. The molecule has 2 nitrogen and oxygen atoms in total. The minimum Gasteiger partial charge on any atom is -0.428 e. The molecule has 0 saturated carbocycles. The van der Waals surface area contributed by atoms with Gasteiger partial charge >= 0.3 is 5.97 Å². The van der Waals surface area contributed by atoms with Crippen LogP contribution in [0.25, 0.3) is 0 Å². The molecule has 1 aliphatic rings. The Labute approximate surface area is 66.5 Å². The lowest BCUT2D eigenvalue weighted by molar-refractivity contribution is -0.134. The molecule has 0 unspecified atom stereocenters. The summed E-state index contributed by atoms with van der Waals surface area (Å²) in [6.07, 6.45) is 7.41. The summed E-state index contributed by atoms with van der Waals surface area (Å²) < 4.78 is 4.94. The van der Waals surface area contributed by atoms with Gasteiger partial charge in [-0.25, -0.2) is 4.79 Å². The van der Waals surface area contributed by atoms with Crippen molar-refractivity contribution in [3.05, 3.63) is 24.5 Å². The van der Waals surface area contributed by atoms with Crippen molar-refractivity contribution in [1.82, 2.24) is 0 Å². The van der Waals surface area contributed by atoms with Crippen LogP contribution in [-0.2, 0) is 9.53 Å². The molecule has 0 radical (unpaired) electrons. The fraction of sp³-hybridized carbons (Fsp3) is 0.444. The summed E-state index contributed by atoms with van der Waals surface area (Å²) in [6, 6.07) is 0. The Bertz CT molecular complexity index is 192. The summed E-state index contributed by atoms with van der Waals surface area (Å²) in [4.78, 5) is 10.7. The van der Waals surface area contributed by atoms with Crippen molar-refractivity contribution in [2.45, 2.75) is 25.7 Å². The largest absolute Gasteiger partial charge is 0.428 e. The van der Waals surface area contributed by atoms with Crippen molar-refractivity contribution < 1.29 is 9.53 Å². The predicted molar refractivity (Wildman–Crippen MR) is 42.8 cm³/mol. The highest BCUT2D eigenvalue weighted by Gasteiger charge is 2.06. The minimum absolute atomic E-state index is 0.349. The highest BCUT2D eigenvalue weighted by Crippen LogP contribution is 2.18. The summed E-state index contributed by atoms with van der Waals surface area (Å²) in [7, 11) is 0. The van der Waals surface area contributed by atoms with E-state index in [1.54, 1.807) is 0 Å². The Morgan fingerprint density at radius 1 is 1.64 bits per heavy atom. The van der Waals surface area contributed by atoms with Crippen LogP contribution in [0.5, 0.6) is 0 Å². The van der Waals surface area contributed by atoms with E-state index in [-0.39, 0.29) is 5.97 Å². The second-order valence-corrected chi connectivity index (χ2v) is 2.54. The molecule has 0 aliphatic heterocycles. The Kier molecular flexibility index (Phi) is 2.90. The van der Waals surface area contributed by atoms with Crippen LogP contribution in [0, 0.1) is 0 Å². The molecular formula is C9H12O2. The average Bonchev–Trinajstić information content (AvgIpc) is 2.06. The molecule has 0 N–H and O–H groups in total. The van der Waals surface area contributed by atoms with Gasteiger partial charge in [-0.2, -0.15) is 0 Å². The minimum atomic E-state index is -0.349. The lowest BCUT2D eigenvalue weighted by atomic mass is 10.1. The van der Waals surface area contributed by atoms with E-state index >= 15 is 0 Å². The molecule has 0 aromatic rings. The van der Waals surface area contributed by atoms with Gasteiger partial charge in [0, 0.05) is 12.5 Å². The van der Waals surface area contributed by atoms with Crippen molar-refractivity contribution in [2.24, 2.45) is 0 Å². The number of carbonyl (C=O) groups is 1. The van der Waals surface area contributed by atoms with Crippen molar-refractivity contribution in [3.63, 3.8) is 0 Å². The Balaban J connectivity index is 2.41. The zero-order chi connectivity index (χ0) is 8.10. The normalized spacial score (nSPS) is 16.9. The molecule has 1 aliphatic carbocycles. The van der Waals surface area contributed by atoms with E-state index in [0.717, 1.165) is 25.0 Å². The number of carbonyl (C=O) groups excluding carboxylic acids is 1. The van der Waals surface area contributed by atoms with Crippen LogP contribution < -0.4 is 0 Å². The van der Waals surface area contributed by atoms with Crippen molar-refractivity contribution >= 4 is 5.97 Å². The summed E-state index contributed by atoms with van der Waals surface area (Å²) in [5.41, 5.74) is 0. The molecule has 1 rings (SSSR count). The number of allylic oxidation sites excluding steroid dienone is 2. The number of hydrogen-bond acceptors (Lipinski definition) is 2. The van der Waals surface area contributed by atoms with Gasteiger partial charge in [0.2, 0.25) is 0 Å². The SMILES string of the molecule is C=CC(=O)OC1=CCCCC1. The standard InChI is InChI=1S/C9H12O2/c1-2-9(10)11-8-6-4-3-5-7-8/h2,6H,1,3-5,7H2. The van der Waals surface area contributed by atoms with Crippen LogP contribution in [0.4, 0.5) is 0 Å². The molecule has 0 atom stereocenters. The Hall–Kier alpha value is -1.05. The maximum atomic E-state index is 10.7. The molecule has 0 amide bonds. The third-order valence-electron chi connectivity index (χ3n) is 1.65. The first-order valence-corrected chi connectivity index (χ1v) is 3.86. The van der Waals surface area contributed by atoms with E-state index in [4.69, 9.17) is 4.74 Å². The summed E-state index contributed by atoms with van der Waals surface area (Å²) in [5.74, 6) is 0.458. The van der Waals surface area contributed by atoms with Gasteiger partial charge in [-0.15, -0.1) is 0 Å². The molecule has 2 heteroatoms. The number of hydrogen-bond donors (Lipinski definition) is 0. The monoisotopic (exact) mass is 152 g/mol. The first-order chi connectivity index (χ1) is 5.33. The second-order valence-electron chi connectivity index (χ2n) is 2.54. The third-order valence-corrected chi connectivity index (χ3v) is 1.65. The molecule has 0 saturated heterocycles. The third kappa shape index (κ3) is 2.58. The molecule has 0 heterocycles. The quantitative estimate of drug-likeness (QED) is 0.447. The van der Waals surface area contributed by atoms with Gasteiger partial charge in [0.25, 0.3) is 0 Å². The zero-order valence-electron chi connectivity index (χ0n) is 6.51. The summed E-state index contributed by atoms with van der Waals surface area (Å²) in [6.45, 7) is 3.32. The van der Waals surface area contributed by atoms with E-state index in [2.05, 4.69) is 6.58 Å². The molecule has 0 aromatic heterocycles. The fourth-order valence-corrected chi connectivity index (χ4v) is 1.07. The van der Waals surface area contributed by atoms with E-state index in [0.29, 0.717) is 0 Å². The Morgan fingerprint density at radius 2 is 2.45 bits per heavy atom. The smallest absolute Gasteiger partial charge is 0.335 e. The highest BCUT2D eigenvalue weighted by molar-refractivity contribution is 5.82. The lowest BCUT2D eigenvalue weighted by Gasteiger charge is -2.10. The van der Waals surface area contributed by atoms with Crippen molar-refractivity contribution in [3.8, 4) is 0 Å². The zero-order valence-corrected chi connectivity index (χ0v) is 6.51. The van der Waals surface area contributed by atoms with Gasteiger partial charge in [-0.3, -0.25) is 0 Å². The summed E-state index contributed by atoms with van der Waals surface area (Å²) in [5, 5.41) is 0. The molecule has 11 heavy (non-hydrogen) atoms. The molecule has 0 aromatic carbocycles. The van der Waals surface area contributed by atoms with Crippen LogP contribution in [0.3, 0.4) is 0 Å². The second kappa shape index (κ2) is 3.96. The maximum Gasteiger partial charge on any atom is 0.335 e. The topological polar surface area (TPSA) is 26.3 Å². The van der Waals surface area contributed by atoms with Gasteiger partial charge in [0.05, 0.1) is 0 Å². The lowest BCUT2D eigenvalue weighted by Crippen LogP contribution is -2.02. The molecule has 0 fully saturated rings. The van der Waals surface area contributed by atoms with E-state index in [1.165, 1.54) is 12.5 Å². The number of esters is 1.